The Bertz CT molecular complexity index is 581. The van der Waals surface area contributed by atoms with Crippen molar-refractivity contribution in [3.63, 3.8) is 0 Å². The zero-order valence-electron chi connectivity index (χ0n) is 12.3. The topological polar surface area (TPSA) is 42.4 Å². The van der Waals surface area contributed by atoms with E-state index in [9.17, 15) is 5.11 Å². The lowest BCUT2D eigenvalue weighted by Crippen LogP contribution is -2.04. The molecule has 0 saturated carbocycles. The van der Waals surface area contributed by atoms with E-state index in [4.69, 9.17) is 4.74 Å². The van der Waals surface area contributed by atoms with Crippen molar-refractivity contribution in [2.75, 3.05) is 6.61 Å². The van der Waals surface area contributed by atoms with Crippen LogP contribution >= 0.6 is 0 Å². The van der Waals surface area contributed by atoms with Crippen LogP contribution < -0.4 is 4.74 Å². The molecule has 0 bridgehead atoms. The van der Waals surface area contributed by atoms with Crippen molar-refractivity contribution in [3.8, 4) is 5.75 Å². The Balaban J connectivity index is 2.28. The molecule has 106 valence electrons. The fourth-order valence-corrected chi connectivity index (χ4v) is 2.13. The summed E-state index contributed by atoms with van der Waals surface area (Å²) in [6, 6.07) is 7.82. The molecule has 1 atom stereocenters. The highest BCUT2D eigenvalue weighted by Gasteiger charge is 2.14. The summed E-state index contributed by atoms with van der Waals surface area (Å²) in [6.45, 7) is 6.79. The zero-order chi connectivity index (χ0) is 14.5. The molecule has 0 amide bonds. The third kappa shape index (κ3) is 3.17. The number of pyridine rings is 1. The second-order valence-electron chi connectivity index (χ2n) is 4.99. The molecule has 0 aliphatic carbocycles. The van der Waals surface area contributed by atoms with Gasteiger partial charge >= 0.3 is 0 Å². The molecule has 0 aliphatic heterocycles. The first-order chi connectivity index (χ1) is 9.63. The van der Waals surface area contributed by atoms with Gasteiger partial charge in [0.25, 0.3) is 0 Å². The number of aromatic nitrogens is 1. The molecule has 2 aromatic rings. The van der Waals surface area contributed by atoms with Crippen molar-refractivity contribution >= 4 is 0 Å². The van der Waals surface area contributed by atoms with Crippen LogP contribution in [0, 0.1) is 13.8 Å². The van der Waals surface area contributed by atoms with Crippen molar-refractivity contribution in [1.82, 2.24) is 4.98 Å². The fraction of sp³-hybridized carbons (Fsp3) is 0.353. The normalized spacial score (nSPS) is 12.2. The quantitative estimate of drug-likeness (QED) is 0.904. The molecule has 0 radical (unpaired) electrons. The third-order valence-electron chi connectivity index (χ3n) is 3.46. The van der Waals surface area contributed by atoms with Gasteiger partial charge in [0.05, 0.1) is 12.8 Å². The standard InChI is InChI=1S/C17H21NO2/c1-4-8-20-15-9-14(10-18-11-15)17(19)16-7-5-6-12(2)13(16)3/h5-7,9-11,17,19H,4,8H2,1-3H3. The zero-order valence-corrected chi connectivity index (χ0v) is 12.3. The minimum Gasteiger partial charge on any atom is -0.492 e. The Morgan fingerprint density at radius 1 is 1.25 bits per heavy atom. The predicted molar refractivity (Wildman–Crippen MR) is 80.0 cm³/mol. The van der Waals surface area contributed by atoms with E-state index in [0.717, 1.165) is 23.1 Å². The van der Waals surface area contributed by atoms with E-state index in [1.165, 1.54) is 5.56 Å². The Labute approximate surface area is 120 Å². The molecule has 0 saturated heterocycles. The number of benzene rings is 1. The van der Waals surface area contributed by atoms with E-state index in [0.29, 0.717) is 12.4 Å². The van der Waals surface area contributed by atoms with Crippen molar-refractivity contribution < 1.29 is 9.84 Å². The minimum atomic E-state index is -0.674. The van der Waals surface area contributed by atoms with E-state index in [2.05, 4.69) is 11.9 Å². The maximum Gasteiger partial charge on any atom is 0.137 e. The Hall–Kier alpha value is -1.87. The molecular weight excluding hydrogens is 250 g/mol. The third-order valence-corrected chi connectivity index (χ3v) is 3.46. The van der Waals surface area contributed by atoms with Gasteiger partial charge in [0.1, 0.15) is 11.9 Å². The Morgan fingerprint density at radius 2 is 2.05 bits per heavy atom. The second-order valence-corrected chi connectivity index (χ2v) is 4.99. The van der Waals surface area contributed by atoms with Gasteiger partial charge in [-0.2, -0.15) is 0 Å². The van der Waals surface area contributed by atoms with Gasteiger partial charge < -0.3 is 9.84 Å². The Kier molecular flexibility index (Phi) is 4.74. The van der Waals surface area contributed by atoms with Crippen LogP contribution in [0.5, 0.6) is 5.75 Å². The molecule has 3 nitrogen and oxygen atoms in total. The largest absolute Gasteiger partial charge is 0.492 e. The Morgan fingerprint density at radius 3 is 2.80 bits per heavy atom. The van der Waals surface area contributed by atoms with Crippen LogP contribution in [0.25, 0.3) is 0 Å². The van der Waals surface area contributed by atoms with Crippen LogP contribution in [0.4, 0.5) is 0 Å². The van der Waals surface area contributed by atoms with Crippen LogP contribution in [0.2, 0.25) is 0 Å². The van der Waals surface area contributed by atoms with Crippen LogP contribution in [-0.2, 0) is 0 Å². The number of rotatable bonds is 5. The van der Waals surface area contributed by atoms with Crippen molar-refractivity contribution in [1.29, 1.82) is 0 Å². The number of aliphatic hydroxyl groups is 1. The summed E-state index contributed by atoms with van der Waals surface area (Å²) in [5, 5.41) is 10.6. The molecule has 3 heteroatoms. The summed E-state index contributed by atoms with van der Waals surface area (Å²) in [5.74, 6) is 0.703. The second kappa shape index (κ2) is 6.53. The van der Waals surface area contributed by atoms with Crippen molar-refractivity contribution in [3.05, 3.63) is 58.9 Å². The summed E-state index contributed by atoms with van der Waals surface area (Å²) in [7, 11) is 0. The molecule has 20 heavy (non-hydrogen) atoms. The molecule has 1 unspecified atom stereocenters. The van der Waals surface area contributed by atoms with Crippen LogP contribution in [0.15, 0.2) is 36.7 Å². The summed E-state index contributed by atoms with van der Waals surface area (Å²) in [5.41, 5.74) is 3.96. The number of ether oxygens (including phenoxy) is 1. The first kappa shape index (κ1) is 14.5. The lowest BCUT2D eigenvalue weighted by molar-refractivity contribution is 0.218. The molecule has 1 N–H and O–H groups in total. The van der Waals surface area contributed by atoms with E-state index in [-0.39, 0.29) is 0 Å². The highest BCUT2D eigenvalue weighted by atomic mass is 16.5. The molecule has 0 aliphatic rings. The molecular formula is C17H21NO2. The molecule has 1 heterocycles. The first-order valence-electron chi connectivity index (χ1n) is 6.95. The van der Waals surface area contributed by atoms with E-state index < -0.39 is 6.10 Å². The first-order valence-corrected chi connectivity index (χ1v) is 6.95. The number of nitrogens with zero attached hydrogens (tertiary/aromatic N) is 1. The van der Waals surface area contributed by atoms with Crippen LogP contribution in [0.1, 0.15) is 41.7 Å². The molecule has 0 fully saturated rings. The molecule has 1 aromatic carbocycles. The van der Waals surface area contributed by atoms with Gasteiger partial charge in [-0.15, -0.1) is 0 Å². The summed E-state index contributed by atoms with van der Waals surface area (Å²) in [6.07, 6.45) is 3.64. The fourth-order valence-electron chi connectivity index (χ4n) is 2.13. The highest BCUT2D eigenvalue weighted by Crippen LogP contribution is 2.27. The number of aliphatic hydroxyl groups excluding tert-OH is 1. The van der Waals surface area contributed by atoms with Crippen LogP contribution in [0.3, 0.4) is 0 Å². The maximum absolute atomic E-state index is 10.6. The average Bonchev–Trinajstić information content (AvgIpc) is 2.47. The van der Waals surface area contributed by atoms with Gasteiger partial charge in [0, 0.05) is 11.8 Å². The molecule has 0 spiro atoms. The maximum atomic E-state index is 10.6. The lowest BCUT2D eigenvalue weighted by atomic mass is 9.95. The summed E-state index contributed by atoms with van der Waals surface area (Å²) in [4.78, 5) is 4.15. The van der Waals surface area contributed by atoms with Gasteiger partial charge in [-0.05, 0) is 43.0 Å². The van der Waals surface area contributed by atoms with Gasteiger partial charge in [-0.25, -0.2) is 0 Å². The highest BCUT2D eigenvalue weighted by molar-refractivity contribution is 5.40. The SMILES string of the molecule is CCCOc1cncc(C(O)c2cccc(C)c2C)c1. The smallest absolute Gasteiger partial charge is 0.137 e. The summed E-state index contributed by atoms with van der Waals surface area (Å²) < 4.78 is 5.56. The van der Waals surface area contributed by atoms with Gasteiger partial charge in [0.15, 0.2) is 0 Å². The van der Waals surface area contributed by atoms with Crippen molar-refractivity contribution in [2.24, 2.45) is 0 Å². The van der Waals surface area contributed by atoms with Gasteiger partial charge in [0.2, 0.25) is 0 Å². The molecule has 2 rings (SSSR count). The average molecular weight is 271 g/mol. The van der Waals surface area contributed by atoms with Gasteiger partial charge in [-0.3, -0.25) is 4.98 Å². The van der Waals surface area contributed by atoms with E-state index in [1.807, 2.05) is 38.1 Å². The molecule has 1 aromatic heterocycles. The lowest BCUT2D eigenvalue weighted by Gasteiger charge is -2.16. The van der Waals surface area contributed by atoms with Crippen molar-refractivity contribution in [2.45, 2.75) is 33.3 Å². The number of hydrogen-bond donors (Lipinski definition) is 1. The van der Waals surface area contributed by atoms with Gasteiger partial charge in [-0.1, -0.05) is 25.1 Å². The minimum absolute atomic E-state index is 0.657. The van der Waals surface area contributed by atoms with Crippen LogP contribution in [-0.4, -0.2) is 16.7 Å². The van der Waals surface area contributed by atoms with E-state index >= 15 is 0 Å². The number of hydrogen-bond acceptors (Lipinski definition) is 3. The predicted octanol–water partition coefficient (Wildman–Crippen LogP) is 3.57. The monoisotopic (exact) mass is 271 g/mol. The number of aryl methyl sites for hydroxylation is 1. The van der Waals surface area contributed by atoms with E-state index in [1.54, 1.807) is 12.4 Å². The summed E-state index contributed by atoms with van der Waals surface area (Å²) >= 11 is 0.